The van der Waals surface area contributed by atoms with E-state index in [4.69, 9.17) is 9.47 Å². The normalized spacial score (nSPS) is 9.95. The van der Waals surface area contributed by atoms with Crippen molar-refractivity contribution in [1.29, 1.82) is 0 Å². The highest BCUT2D eigenvalue weighted by Gasteiger charge is 2.08. The Morgan fingerprint density at radius 1 is 1.32 bits per heavy atom. The van der Waals surface area contributed by atoms with Crippen LogP contribution in [0.1, 0.15) is 6.92 Å². The van der Waals surface area contributed by atoms with Crippen molar-refractivity contribution in [2.75, 3.05) is 18.5 Å². The first-order valence-corrected chi connectivity index (χ1v) is 6.58. The van der Waals surface area contributed by atoms with Gasteiger partial charge >= 0.3 is 0 Å². The highest BCUT2D eigenvalue weighted by atomic mass is 32.1. The average molecular weight is 279 g/mol. The van der Waals surface area contributed by atoms with E-state index >= 15 is 0 Å². The molecule has 2 rings (SSSR count). The Morgan fingerprint density at radius 2 is 2.05 bits per heavy atom. The summed E-state index contributed by atoms with van der Waals surface area (Å²) in [5, 5.41) is 10.4. The van der Waals surface area contributed by atoms with Gasteiger partial charge in [-0.3, -0.25) is 10.1 Å². The number of nitrogens with zero attached hydrogens (tertiary/aromatic N) is 2. The molecule has 2 aromatic rings. The number of benzene rings is 1. The molecule has 0 fully saturated rings. The van der Waals surface area contributed by atoms with Crippen molar-refractivity contribution >= 4 is 22.4 Å². The topological polar surface area (TPSA) is 73.3 Å². The van der Waals surface area contributed by atoms with Crippen LogP contribution in [0.2, 0.25) is 0 Å². The van der Waals surface area contributed by atoms with Crippen molar-refractivity contribution in [3.63, 3.8) is 0 Å². The summed E-state index contributed by atoms with van der Waals surface area (Å²) in [5.41, 5.74) is 1.54. The fraction of sp³-hybridized carbons (Fsp3) is 0.250. The van der Waals surface area contributed by atoms with E-state index in [0.29, 0.717) is 23.2 Å². The van der Waals surface area contributed by atoms with Crippen molar-refractivity contribution in [3.05, 3.63) is 29.8 Å². The van der Waals surface area contributed by atoms with E-state index in [1.165, 1.54) is 11.3 Å². The lowest BCUT2D eigenvalue weighted by molar-refractivity contribution is -0.118. The molecular formula is C12H13N3O3S. The lowest BCUT2D eigenvalue weighted by atomic mass is 10.3. The molecule has 0 spiro atoms. The summed E-state index contributed by atoms with van der Waals surface area (Å²) < 4.78 is 10.8. The Kier molecular flexibility index (Phi) is 4.68. The Balaban J connectivity index is 1.89. The average Bonchev–Trinajstić information content (AvgIpc) is 2.91. The maximum Gasteiger partial charge on any atom is 0.264 e. The summed E-state index contributed by atoms with van der Waals surface area (Å²) in [5.74, 6) is 0.869. The van der Waals surface area contributed by atoms with Crippen LogP contribution in [0.4, 0.5) is 5.13 Å². The van der Waals surface area contributed by atoms with Gasteiger partial charge in [0.2, 0.25) is 5.13 Å². The minimum absolute atomic E-state index is 0.107. The number of para-hydroxylation sites is 2. The summed E-state index contributed by atoms with van der Waals surface area (Å²) in [7, 11) is 0. The smallest absolute Gasteiger partial charge is 0.264 e. The molecule has 1 amide bonds. The zero-order valence-electron chi connectivity index (χ0n) is 10.3. The third kappa shape index (κ3) is 3.92. The first-order valence-electron chi connectivity index (χ1n) is 5.70. The molecule has 1 heterocycles. The molecule has 1 aromatic heterocycles. The highest BCUT2D eigenvalue weighted by Crippen LogP contribution is 2.26. The number of hydrogen-bond donors (Lipinski definition) is 1. The van der Waals surface area contributed by atoms with Gasteiger partial charge in [-0.25, -0.2) is 0 Å². The second-order valence-corrected chi connectivity index (χ2v) is 4.29. The lowest BCUT2D eigenvalue weighted by Gasteiger charge is -2.10. The van der Waals surface area contributed by atoms with Crippen molar-refractivity contribution < 1.29 is 14.3 Å². The minimum Gasteiger partial charge on any atom is -0.490 e. The Labute approximate surface area is 114 Å². The van der Waals surface area contributed by atoms with E-state index in [-0.39, 0.29) is 12.5 Å². The zero-order chi connectivity index (χ0) is 13.5. The number of aromatic nitrogens is 2. The van der Waals surface area contributed by atoms with Gasteiger partial charge < -0.3 is 9.47 Å². The maximum atomic E-state index is 11.6. The van der Waals surface area contributed by atoms with Gasteiger partial charge in [-0.1, -0.05) is 23.5 Å². The molecule has 1 N–H and O–H groups in total. The molecule has 100 valence electrons. The van der Waals surface area contributed by atoms with Gasteiger partial charge in [0.05, 0.1) is 6.61 Å². The molecule has 0 saturated heterocycles. The standard InChI is InChI=1S/C12H13N3O3S/c1-2-17-9-5-3-4-6-10(9)18-7-11(16)14-12-15-13-8-19-12/h3-6,8H,2,7H2,1H3,(H,14,15,16). The van der Waals surface area contributed by atoms with Crippen LogP contribution in [0.5, 0.6) is 11.5 Å². The first kappa shape index (κ1) is 13.3. The molecule has 0 bridgehead atoms. The quantitative estimate of drug-likeness (QED) is 0.875. The summed E-state index contributed by atoms with van der Waals surface area (Å²) in [4.78, 5) is 11.6. The number of anilines is 1. The van der Waals surface area contributed by atoms with E-state index in [9.17, 15) is 4.79 Å². The fourth-order valence-corrected chi connectivity index (χ4v) is 1.83. The van der Waals surface area contributed by atoms with Crippen molar-refractivity contribution in [1.82, 2.24) is 10.2 Å². The van der Waals surface area contributed by atoms with Crippen LogP contribution >= 0.6 is 11.3 Å². The minimum atomic E-state index is -0.289. The van der Waals surface area contributed by atoms with Gasteiger partial charge in [0, 0.05) is 0 Å². The van der Waals surface area contributed by atoms with E-state index < -0.39 is 0 Å². The number of carbonyl (C=O) groups excluding carboxylic acids is 1. The summed E-state index contributed by atoms with van der Waals surface area (Å²) in [6, 6.07) is 7.21. The molecule has 19 heavy (non-hydrogen) atoms. The third-order valence-electron chi connectivity index (χ3n) is 2.11. The Morgan fingerprint density at radius 3 is 2.68 bits per heavy atom. The van der Waals surface area contributed by atoms with Crippen LogP contribution in [-0.2, 0) is 4.79 Å². The van der Waals surface area contributed by atoms with Crippen LogP contribution in [0.25, 0.3) is 0 Å². The number of rotatable bonds is 6. The predicted molar refractivity (Wildman–Crippen MR) is 71.6 cm³/mol. The molecular weight excluding hydrogens is 266 g/mol. The molecule has 0 atom stereocenters. The van der Waals surface area contributed by atoms with Crippen LogP contribution < -0.4 is 14.8 Å². The van der Waals surface area contributed by atoms with E-state index in [1.807, 2.05) is 19.1 Å². The number of carbonyl (C=O) groups is 1. The van der Waals surface area contributed by atoms with Crippen LogP contribution in [0.15, 0.2) is 29.8 Å². The lowest BCUT2D eigenvalue weighted by Crippen LogP contribution is -2.20. The molecule has 6 nitrogen and oxygen atoms in total. The number of nitrogens with one attached hydrogen (secondary N) is 1. The van der Waals surface area contributed by atoms with Crippen LogP contribution in [-0.4, -0.2) is 29.3 Å². The fourth-order valence-electron chi connectivity index (χ4n) is 1.37. The molecule has 0 radical (unpaired) electrons. The molecule has 0 unspecified atom stereocenters. The zero-order valence-corrected chi connectivity index (χ0v) is 11.1. The molecule has 0 saturated carbocycles. The van der Waals surface area contributed by atoms with E-state index in [0.717, 1.165) is 0 Å². The van der Waals surface area contributed by atoms with Gasteiger partial charge in [-0.2, -0.15) is 0 Å². The van der Waals surface area contributed by atoms with Gasteiger partial charge in [-0.15, -0.1) is 10.2 Å². The molecule has 7 heteroatoms. The molecule has 1 aromatic carbocycles. The van der Waals surface area contributed by atoms with E-state index in [2.05, 4.69) is 15.5 Å². The summed E-state index contributed by atoms with van der Waals surface area (Å²) in [6.07, 6.45) is 0. The maximum absolute atomic E-state index is 11.6. The monoisotopic (exact) mass is 279 g/mol. The summed E-state index contributed by atoms with van der Waals surface area (Å²) in [6.45, 7) is 2.32. The Bertz CT molecular complexity index is 531. The second-order valence-electron chi connectivity index (χ2n) is 3.46. The molecule has 0 aliphatic rings. The predicted octanol–water partition coefficient (Wildman–Crippen LogP) is 1.95. The van der Waals surface area contributed by atoms with Gasteiger partial charge in [0.25, 0.3) is 5.91 Å². The number of ether oxygens (including phenoxy) is 2. The van der Waals surface area contributed by atoms with Gasteiger partial charge in [0.15, 0.2) is 18.1 Å². The number of amides is 1. The van der Waals surface area contributed by atoms with Gasteiger partial charge in [-0.05, 0) is 19.1 Å². The van der Waals surface area contributed by atoms with Crippen molar-refractivity contribution in [2.45, 2.75) is 6.92 Å². The third-order valence-corrected chi connectivity index (χ3v) is 2.72. The second kappa shape index (κ2) is 6.69. The van der Waals surface area contributed by atoms with Crippen molar-refractivity contribution in [3.8, 4) is 11.5 Å². The Hall–Kier alpha value is -2.15. The van der Waals surface area contributed by atoms with E-state index in [1.54, 1.807) is 17.6 Å². The summed E-state index contributed by atoms with van der Waals surface area (Å²) >= 11 is 1.25. The molecule has 0 aliphatic carbocycles. The van der Waals surface area contributed by atoms with Crippen molar-refractivity contribution in [2.24, 2.45) is 0 Å². The first-order chi connectivity index (χ1) is 9.29. The largest absolute Gasteiger partial charge is 0.490 e. The highest BCUT2D eigenvalue weighted by molar-refractivity contribution is 7.13. The van der Waals surface area contributed by atoms with Crippen LogP contribution in [0.3, 0.4) is 0 Å². The van der Waals surface area contributed by atoms with Crippen LogP contribution in [0, 0.1) is 0 Å². The van der Waals surface area contributed by atoms with Gasteiger partial charge in [0.1, 0.15) is 5.51 Å². The SMILES string of the molecule is CCOc1ccccc1OCC(=O)Nc1nncs1. The number of hydrogen-bond acceptors (Lipinski definition) is 6. The molecule has 0 aliphatic heterocycles.